The average molecular weight is 512 g/mol. The van der Waals surface area contributed by atoms with Gasteiger partial charge in [-0.3, -0.25) is 5.41 Å². The van der Waals surface area contributed by atoms with E-state index in [4.69, 9.17) is 20.4 Å². The van der Waals surface area contributed by atoms with Gasteiger partial charge in [-0.25, -0.2) is 4.39 Å². The fourth-order valence-electron chi connectivity index (χ4n) is 3.71. The highest BCUT2D eigenvalue weighted by molar-refractivity contribution is 5.85. The average Bonchev–Trinajstić information content (AvgIpc) is 3.47. The maximum atomic E-state index is 13.7. The van der Waals surface area contributed by atoms with Crippen molar-refractivity contribution in [2.75, 3.05) is 13.2 Å². The van der Waals surface area contributed by atoms with Gasteiger partial charge in [-0.1, -0.05) is 23.4 Å². The van der Waals surface area contributed by atoms with Crippen molar-refractivity contribution < 1.29 is 26.8 Å². The number of hydrogen-bond donors (Lipinski definition) is 2. The number of nitrogens with zero attached hydrogens (tertiary/aromatic N) is 3. The van der Waals surface area contributed by atoms with Crippen molar-refractivity contribution in [2.45, 2.75) is 25.1 Å². The van der Waals surface area contributed by atoms with Crippen LogP contribution in [0.15, 0.2) is 53.1 Å². The summed E-state index contributed by atoms with van der Waals surface area (Å²) in [5.74, 6) is -0.656. The van der Waals surface area contributed by atoms with Crippen molar-refractivity contribution in [3.8, 4) is 17.1 Å². The smallest absolute Gasteiger partial charge is 0.419 e. The van der Waals surface area contributed by atoms with Gasteiger partial charge in [0.05, 0.1) is 5.56 Å². The minimum Gasteiger partial charge on any atom is -0.489 e. The maximum Gasteiger partial charge on any atom is 0.419 e. The number of halogens is 5. The molecule has 0 radical (unpaired) electrons. The topological polar surface area (TPSA) is 101 Å². The first kappa shape index (κ1) is 26.0. The van der Waals surface area contributed by atoms with Crippen LogP contribution < -0.4 is 10.5 Å². The molecule has 12 heteroatoms. The predicted molar refractivity (Wildman–Crippen MR) is 124 cm³/mol. The first-order valence-corrected chi connectivity index (χ1v) is 10.4. The highest BCUT2D eigenvalue weighted by atomic mass is 35.5. The lowest BCUT2D eigenvalue weighted by molar-refractivity contribution is -0.138. The van der Waals surface area contributed by atoms with Gasteiger partial charge in [0.25, 0.3) is 0 Å². The molecule has 1 fully saturated rings. The van der Waals surface area contributed by atoms with Gasteiger partial charge < -0.3 is 19.9 Å². The first-order valence-electron chi connectivity index (χ1n) is 10.4. The zero-order chi connectivity index (χ0) is 24.3. The fourth-order valence-corrected chi connectivity index (χ4v) is 3.71. The second-order valence-corrected chi connectivity index (χ2v) is 7.67. The lowest BCUT2D eigenvalue weighted by atomic mass is 10.1. The molecule has 2 aromatic carbocycles. The molecule has 7 nitrogen and oxygen atoms in total. The van der Waals surface area contributed by atoms with Crippen LogP contribution in [-0.2, 0) is 6.18 Å². The third-order valence-corrected chi connectivity index (χ3v) is 5.35. The van der Waals surface area contributed by atoms with Crippen LogP contribution in [0.3, 0.4) is 0 Å². The van der Waals surface area contributed by atoms with Crippen molar-refractivity contribution >= 4 is 24.4 Å². The number of benzene rings is 2. The van der Waals surface area contributed by atoms with Crippen molar-refractivity contribution in [3.05, 3.63) is 71.4 Å². The molecule has 0 amide bonds. The van der Waals surface area contributed by atoms with E-state index >= 15 is 0 Å². The Morgan fingerprint density at radius 3 is 2.66 bits per heavy atom. The molecule has 1 aliphatic heterocycles. The number of alkyl halides is 3. The summed E-state index contributed by atoms with van der Waals surface area (Å²) in [5.41, 5.74) is 5.41. The summed E-state index contributed by atoms with van der Waals surface area (Å²) in [4.78, 5) is 5.85. The number of guanidine groups is 1. The van der Waals surface area contributed by atoms with E-state index in [-0.39, 0.29) is 59.9 Å². The molecule has 4 rings (SSSR count). The maximum absolute atomic E-state index is 13.7. The van der Waals surface area contributed by atoms with Gasteiger partial charge >= 0.3 is 6.18 Å². The molecule has 3 aromatic rings. The Balaban J connectivity index is 0.00000342. The van der Waals surface area contributed by atoms with Crippen LogP contribution >= 0.6 is 12.4 Å². The van der Waals surface area contributed by atoms with Crippen molar-refractivity contribution in [1.82, 2.24) is 15.0 Å². The molecule has 3 N–H and O–H groups in total. The Kier molecular flexibility index (Phi) is 8.00. The fraction of sp³-hybridized carbons (Fsp3) is 0.261. The Bertz CT molecular complexity index is 1200. The van der Waals surface area contributed by atoms with Gasteiger partial charge in [0, 0.05) is 12.1 Å². The quantitative estimate of drug-likeness (QED) is 0.260. The third-order valence-electron chi connectivity index (χ3n) is 5.35. The number of likely N-dealkylation sites (tertiary alicyclic amines) is 1. The number of aromatic nitrogens is 2. The summed E-state index contributed by atoms with van der Waals surface area (Å²) in [6, 6.07) is 8.81. The molecular weight excluding hydrogens is 490 g/mol. The van der Waals surface area contributed by atoms with E-state index in [2.05, 4.69) is 10.1 Å². The number of ether oxygens (including phenoxy) is 1. The van der Waals surface area contributed by atoms with Gasteiger partial charge in [0.2, 0.25) is 11.7 Å². The summed E-state index contributed by atoms with van der Waals surface area (Å²) in [5, 5.41) is 11.5. The van der Waals surface area contributed by atoms with Crippen LogP contribution in [0.25, 0.3) is 17.5 Å². The molecule has 35 heavy (non-hydrogen) atoms. The predicted octanol–water partition coefficient (Wildman–Crippen LogP) is 5.44. The molecule has 0 spiro atoms. The molecule has 0 bridgehead atoms. The molecule has 1 atom stereocenters. The zero-order valence-electron chi connectivity index (χ0n) is 18.3. The van der Waals surface area contributed by atoms with E-state index in [0.717, 1.165) is 12.5 Å². The summed E-state index contributed by atoms with van der Waals surface area (Å²) in [6.07, 6.45) is -0.0884. The van der Waals surface area contributed by atoms with Crippen LogP contribution in [0, 0.1) is 11.2 Å². The Morgan fingerprint density at radius 1 is 1.23 bits per heavy atom. The largest absolute Gasteiger partial charge is 0.489 e. The summed E-state index contributed by atoms with van der Waals surface area (Å²) in [6.45, 7) is 0.451. The van der Waals surface area contributed by atoms with Crippen molar-refractivity contribution in [3.63, 3.8) is 0 Å². The van der Waals surface area contributed by atoms with Crippen molar-refractivity contribution in [1.29, 1.82) is 5.41 Å². The van der Waals surface area contributed by atoms with Crippen molar-refractivity contribution in [2.24, 2.45) is 5.73 Å². The Labute approximate surface area is 204 Å². The highest BCUT2D eigenvalue weighted by Crippen LogP contribution is 2.39. The number of nitrogens with one attached hydrogen (secondary N) is 1. The molecule has 1 aromatic heterocycles. The van der Waals surface area contributed by atoms with Crippen LogP contribution in [0.1, 0.15) is 35.9 Å². The normalized spacial score (nSPS) is 15.9. The van der Waals surface area contributed by atoms with E-state index in [0.29, 0.717) is 18.5 Å². The molecule has 1 saturated heterocycles. The second kappa shape index (κ2) is 10.8. The van der Waals surface area contributed by atoms with E-state index in [9.17, 15) is 17.6 Å². The number of hydrogen-bond acceptors (Lipinski definition) is 5. The van der Waals surface area contributed by atoms with Crippen LogP contribution in [0.5, 0.6) is 5.75 Å². The molecule has 1 aliphatic rings. The monoisotopic (exact) mass is 511 g/mol. The van der Waals surface area contributed by atoms with Gasteiger partial charge in [-0.15, -0.1) is 12.4 Å². The molecule has 0 saturated carbocycles. The lowest BCUT2D eigenvalue weighted by Gasteiger charge is -2.21. The first-order chi connectivity index (χ1) is 16.2. The highest BCUT2D eigenvalue weighted by Gasteiger charge is 2.36. The molecule has 186 valence electrons. The molecule has 2 heterocycles. The SMILES string of the molecule is Cl.N=C(N)N1CCC[C@H]1c1nc(-c2ccc(OC/C=C/c3ccc(F)cc3)c(C(F)(F)F)c2)no1. The third kappa shape index (κ3) is 6.10. The van der Waals surface area contributed by atoms with Gasteiger partial charge in [0.15, 0.2) is 5.96 Å². The molecule has 0 unspecified atom stereocenters. The van der Waals surface area contributed by atoms with E-state index < -0.39 is 11.7 Å². The zero-order valence-corrected chi connectivity index (χ0v) is 19.1. The van der Waals surface area contributed by atoms with Gasteiger partial charge in [-0.2, -0.15) is 18.2 Å². The Hall–Kier alpha value is -3.60. The van der Waals surface area contributed by atoms with Crippen LogP contribution in [-0.4, -0.2) is 34.2 Å². The van der Waals surface area contributed by atoms with E-state index in [1.165, 1.54) is 30.3 Å². The summed E-state index contributed by atoms with van der Waals surface area (Å²) >= 11 is 0. The van der Waals surface area contributed by atoms with Crippen LogP contribution in [0.4, 0.5) is 17.6 Å². The van der Waals surface area contributed by atoms with Gasteiger partial charge in [-0.05, 0) is 54.8 Å². The van der Waals surface area contributed by atoms with E-state index in [1.54, 1.807) is 23.1 Å². The van der Waals surface area contributed by atoms with E-state index in [1.807, 2.05) is 0 Å². The minimum atomic E-state index is -4.67. The summed E-state index contributed by atoms with van der Waals surface area (Å²) in [7, 11) is 0. The molecule has 0 aliphatic carbocycles. The summed E-state index contributed by atoms with van der Waals surface area (Å²) < 4.78 is 64.7. The van der Waals surface area contributed by atoms with Crippen LogP contribution in [0.2, 0.25) is 0 Å². The molecular formula is C23H22ClF4N5O2. The Morgan fingerprint density at radius 2 is 1.97 bits per heavy atom. The second-order valence-electron chi connectivity index (χ2n) is 7.67. The van der Waals surface area contributed by atoms with Gasteiger partial charge in [0.1, 0.15) is 24.2 Å². The standard InChI is InChI=1S/C23H21F4N5O2.ClH/c24-16-8-5-14(6-9-16)3-2-12-33-19-10-7-15(13-17(19)23(25,26)27)20-30-21(34-31-20)18-4-1-11-32(18)22(28)29;/h2-3,5-10,13,18H,1,4,11-12H2,(H3,28,29);1H/b3-2+;/t18-;/m0./s1. The lowest BCUT2D eigenvalue weighted by Crippen LogP contribution is -2.35. The number of rotatable bonds is 6. The minimum absolute atomic E-state index is 0. The number of nitrogens with two attached hydrogens (primary N) is 1.